The van der Waals surface area contributed by atoms with Gasteiger partial charge < -0.3 is 5.32 Å². The molecule has 0 rings (SSSR count). The van der Waals surface area contributed by atoms with Gasteiger partial charge in [0.25, 0.3) is 0 Å². The maximum absolute atomic E-state index is 3.36. The summed E-state index contributed by atoms with van der Waals surface area (Å²) >= 11 is 0. The second kappa shape index (κ2) is 8.54. The molecule has 0 saturated heterocycles. The first-order valence-corrected chi connectivity index (χ1v) is 4.82. The predicted molar refractivity (Wildman–Crippen MR) is 56.3 cm³/mol. The molecule has 0 fully saturated rings. The highest BCUT2D eigenvalue weighted by Gasteiger charge is 1.87. The first-order valence-electron chi connectivity index (χ1n) is 4.82. The minimum absolute atomic E-state index is 0.601. The Morgan fingerprint density at radius 2 is 1.83 bits per heavy atom. The summed E-state index contributed by atoms with van der Waals surface area (Å²) in [7, 11) is 0. The Hall–Kier alpha value is -0.560. The van der Waals surface area contributed by atoms with Crippen molar-refractivity contribution < 1.29 is 0 Å². The van der Waals surface area contributed by atoms with Gasteiger partial charge in [-0.25, -0.2) is 0 Å². The molecule has 1 N–H and O–H groups in total. The SMILES string of the molecule is CC/C=C\C=C/CCNC(C)C. The average Bonchev–Trinajstić information content (AvgIpc) is 2.02. The van der Waals surface area contributed by atoms with Crippen LogP contribution in [0.1, 0.15) is 33.6 Å². The Morgan fingerprint density at radius 1 is 1.17 bits per heavy atom. The fourth-order valence-electron chi connectivity index (χ4n) is 0.845. The highest BCUT2D eigenvalue weighted by atomic mass is 14.9. The van der Waals surface area contributed by atoms with Gasteiger partial charge in [0.2, 0.25) is 0 Å². The van der Waals surface area contributed by atoms with Gasteiger partial charge in [-0.15, -0.1) is 0 Å². The Bertz CT molecular complexity index is 134. The summed E-state index contributed by atoms with van der Waals surface area (Å²) in [5, 5.41) is 3.36. The van der Waals surface area contributed by atoms with E-state index in [2.05, 4.69) is 50.4 Å². The lowest BCUT2D eigenvalue weighted by molar-refractivity contribution is 0.595. The molecule has 1 nitrogen and oxygen atoms in total. The fraction of sp³-hybridized carbons (Fsp3) is 0.636. The molecule has 0 aliphatic heterocycles. The van der Waals surface area contributed by atoms with Crippen LogP contribution in [0.5, 0.6) is 0 Å². The van der Waals surface area contributed by atoms with Crippen LogP contribution < -0.4 is 5.32 Å². The van der Waals surface area contributed by atoms with Gasteiger partial charge in [-0.05, 0) is 19.4 Å². The van der Waals surface area contributed by atoms with Crippen LogP contribution in [0.15, 0.2) is 24.3 Å². The van der Waals surface area contributed by atoms with E-state index in [0.717, 1.165) is 19.4 Å². The van der Waals surface area contributed by atoms with E-state index in [1.54, 1.807) is 0 Å². The van der Waals surface area contributed by atoms with Crippen LogP contribution in [-0.2, 0) is 0 Å². The van der Waals surface area contributed by atoms with Gasteiger partial charge in [-0.2, -0.15) is 0 Å². The summed E-state index contributed by atoms with van der Waals surface area (Å²) in [6.07, 6.45) is 10.8. The van der Waals surface area contributed by atoms with E-state index >= 15 is 0 Å². The zero-order valence-electron chi connectivity index (χ0n) is 8.51. The average molecular weight is 167 g/mol. The summed E-state index contributed by atoms with van der Waals surface area (Å²) < 4.78 is 0. The van der Waals surface area contributed by atoms with E-state index in [1.807, 2.05) is 0 Å². The van der Waals surface area contributed by atoms with E-state index in [-0.39, 0.29) is 0 Å². The van der Waals surface area contributed by atoms with E-state index in [1.165, 1.54) is 0 Å². The smallest absolute Gasteiger partial charge is 0.00105 e. The minimum atomic E-state index is 0.601. The summed E-state index contributed by atoms with van der Waals surface area (Å²) in [6, 6.07) is 0.601. The van der Waals surface area contributed by atoms with Crippen molar-refractivity contribution in [3.63, 3.8) is 0 Å². The largest absolute Gasteiger partial charge is 0.314 e. The molecule has 0 aliphatic carbocycles. The van der Waals surface area contributed by atoms with Gasteiger partial charge in [0.05, 0.1) is 0 Å². The van der Waals surface area contributed by atoms with Crippen molar-refractivity contribution >= 4 is 0 Å². The molecule has 0 radical (unpaired) electrons. The number of hydrogen-bond acceptors (Lipinski definition) is 1. The summed E-state index contributed by atoms with van der Waals surface area (Å²) in [6.45, 7) is 7.56. The van der Waals surface area contributed by atoms with Crippen LogP contribution in [0.4, 0.5) is 0 Å². The van der Waals surface area contributed by atoms with Crippen LogP contribution in [0.3, 0.4) is 0 Å². The van der Waals surface area contributed by atoms with Gasteiger partial charge in [-0.1, -0.05) is 45.1 Å². The molecule has 0 unspecified atom stereocenters. The van der Waals surface area contributed by atoms with Crippen molar-refractivity contribution in [2.75, 3.05) is 6.54 Å². The van der Waals surface area contributed by atoms with Crippen LogP contribution in [-0.4, -0.2) is 12.6 Å². The molecule has 0 saturated carbocycles. The maximum Gasteiger partial charge on any atom is 0.00105 e. The van der Waals surface area contributed by atoms with Crippen LogP contribution in [0, 0.1) is 0 Å². The van der Waals surface area contributed by atoms with Gasteiger partial charge >= 0.3 is 0 Å². The van der Waals surface area contributed by atoms with E-state index in [9.17, 15) is 0 Å². The molecule has 0 heterocycles. The third-order valence-electron chi connectivity index (χ3n) is 1.48. The quantitative estimate of drug-likeness (QED) is 0.474. The third-order valence-corrected chi connectivity index (χ3v) is 1.48. The molecule has 70 valence electrons. The highest BCUT2D eigenvalue weighted by molar-refractivity contribution is 5.01. The molecule has 0 aromatic rings. The fourth-order valence-corrected chi connectivity index (χ4v) is 0.845. The van der Waals surface area contributed by atoms with Crippen LogP contribution in [0.25, 0.3) is 0 Å². The summed E-state index contributed by atoms with van der Waals surface area (Å²) in [5.74, 6) is 0. The molecule has 0 amide bonds. The van der Waals surface area contributed by atoms with Crippen LogP contribution >= 0.6 is 0 Å². The van der Waals surface area contributed by atoms with E-state index in [4.69, 9.17) is 0 Å². The monoisotopic (exact) mass is 167 g/mol. The zero-order valence-corrected chi connectivity index (χ0v) is 8.51. The topological polar surface area (TPSA) is 12.0 Å². The third kappa shape index (κ3) is 9.44. The molecule has 12 heavy (non-hydrogen) atoms. The maximum atomic E-state index is 3.36. The van der Waals surface area contributed by atoms with Crippen molar-refractivity contribution in [1.29, 1.82) is 0 Å². The first-order chi connectivity index (χ1) is 5.77. The lowest BCUT2D eigenvalue weighted by atomic mass is 10.3. The molecule has 0 aromatic heterocycles. The zero-order chi connectivity index (χ0) is 9.23. The number of nitrogens with one attached hydrogen (secondary N) is 1. The van der Waals surface area contributed by atoms with E-state index < -0.39 is 0 Å². The molecule has 0 atom stereocenters. The lowest BCUT2D eigenvalue weighted by Gasteiger charge is -2.04. The predicted octanol–water partition coefficient (Wildman–Crippen LogP) is 2.90. The van der Waals surface area contributed by atoms with Gasteiger partial charge in [0, 0.05) is 6.04 Å². The number of hydrogen-bond donors (Lipinski definition) is 1. The summed E-state index contributed by atoms with van der Waals surface area (Å²) in [4.78, 5) is 0. The Kier molecular flexibility index (Phi) is 8.14. The number of rotatable bonds is 6. The summed E-state index contributed by atoms with van der Waals surface area (Å²) in [5.41, 5.74) is 0. The Morgan fingerprint density at radius 3 is 2.42 bits per heavy atom. The van der Waals surface area contributed by atoms with Crippen LogP contribution in [0.2, 0.25) is 0 Å². The highest BCUT2D eigenvalue weighted by Crippen LogP contribution is 1.86. The van der Waals surface area contributed by atoms with Crippen molar-refractivity contribution in [1.82, 2.24) is 5.32 Å². The molecule has 0 bridgehead atoms. The Labute approximate surface area is 76.6 Å². The van der Waals surface area contributed by atoms with Crippen molar-refractivity contribution in [3.05, 3.63) is 24.3 Å². The van der Waals surface area contributed by atoms with E-state index in [0.29, 0.717) is 6.04 Å². The molecule has 0 aromatic carbocycles. The minimum Gasteiger partial charge on any atom is -0.314 e. The molecular weight excluding hydrogens is 146 g/mol. The molecule has 1 heteroatoms. The van der Waals surface area contributed by atoms with Crippen molar-refractivity contribution in [2.24, 2.45) is 0 Å². The first kappa shape index (κ1) is 11.4. The normalized spacial score (nSPS) is 12.3. The Balaban J connectivity index is 3.19. The van der Waals surface area contributed by atoms with Gasteiger partial charge in [-0.3, -0.25) is 0 Å². The second-order valence-corrected chi connectivity index (χ2v) is 3.16. The molecule has 0 aliphatic rings. The lowest BCUT2D eigenvalue weighted by Crippen LogP contribution is -2.23. The van der Waals surface area contributed by atoms with Gasteiger partial charge in [0.15, 0.2) is 0 Å². The second-order valence-electron chi connectivity index (χ2n) is 3.16. The van der Waals surface area contributed by atoms with Crippen molar-refractivity contribution in [2.45, 2.75) is 39.7 Å². The van der Waals surface area contributed by atoms with Crippen molar-refractivity contribution in [3.8, 4) is 0 Å². The molecular formula is C11H21N. The number of allylic oxidation sites excluding steroid dienone is 3. The molecule has 0 spiro atoms. The van der Waals surface area contributed by atoms with Gasteiger partial charge in [0.1, 0.15) is 0 Å². The standard InChI is InChI=1S/C11H21N/c1-4-5-6-7-8-9-10-12-11(2)3/h5-8,11-12H,4,9-10H2,1-3H3/b6-5-,8-7-.